The van der Waals surface area contributed by atoms with Gasteiger partial charge in [0.25, 0.3) is 0 Å². The second-order valence-electron chi connectivity index (χ2n) is 5.81. The van der Waals surface area contributed by atoms with Gasteiger partial charge in [0.1, 0.15) is 18.2 Å². The van der Waals surface area contributed by atoms with Crippen LogP contribution >= 0.6 is 0 Å². The van der Waals surface area contributed by atoms with Gasteiger partial charge in [0.15, 0.2) is 0 Å². The van der Waals surface area contributed by atoms with Gasteiger partial charge in [0.05, 0.1) is 11.0 Å². The molecule has 2 aromatic carbocycles. The molecule has 3 nitrogen and oxygen atoms in total. The number of hydrogen-bond donors (Lipinski definition) is 0. The molecule has 1 heterocycles. The number of fused-ring (bicyclic) bond motifs is 1. The van der Waals surface area contributed by atoms with Gasteiger partial charge in [-0.1, -0.05) is 44.5 Å². The van der Waals surface area contributed by atoms with Crippen molar-refractivity contribution in [3.8, 4) is 5.75 Å². The Morgan fingerprint density at radius 2 is 1.78 bits per heavy atom. The minimum Gasteiger partial charge on any atom is -0.486 e. The minimum atomic E-state index is 0.504. The highest BCUT2D eigenvalue weighted by Crippen LogP contribution is 2.19. The summed E-state index contributed by atoms with van der Waals surface area (Å²) in [6.07, 6.45) is 3.37. The van der Waals surface area contributed by atoms with Crippen LogP contribution in [0, 0.1) is 0 Å². The number of aryl methyl sites for hydroxylation is 2. The molecule has 0 aliphatic rings. The van der Waals surface area contributed by atoms with Crippen molar-refractivity contribution in [1.29, 1.82) is 0 Å². The van der Waals surface area contributed by atoms with Crippen LogP contribution in [0.25, 0.3) is 11.0 Å². The Morgan fingerprint density at radius 1 is 1.00 bits per heavy atom. The summed E-state index contributed by atoms with van der Waals surface area (Å²) in [5, 5.41) is 0. The number of rotatable bonds is 7. The van der Waals surface area contributed by atoms with Gasteiger partial charge in [0.2, 0.25) is 0 Å². The number of benzene rings is 2. The topological polar surface area (TPSA) is 27.1 Å². The summed E-state index contributed by atoms with van der Waals surface area (Å²) in [4.78, 5) is 4.75. The SMILES string of the molecule is CCCCn1c(COc2ccc(CC)cc2)nc2ccccc21. The maximum Gasteiger partial charge on any atom is 0.147 e. The van der Waals surface area contributed by atoms with Gasteiger partial charge in [-0.25, -0.2) is 4.98 Å². The lowest BCUT2D eigenvalue weighted by atomic mass is 10.2. The zero-order valence-electron chi connectivity index (χ0n) is 14.0. The lowest BCUT2D eigenvalue weighted by Gasteiger charge is -2.10. The molecule has 3 aromatic rings. The summed E-state index contributed by atoms with van der Waals surface area (Å²) < 4.78 is 8.25. The second kappa shape index (κ2) is 7.32. The first-order chi connectivity index (χ1) is 11.3. The van der Waals surface area contributed by atoms with Crippen LogP contribution in [0.3, 0.4) is 0 Å². The van der Waals surface area contributed by atoms with E-state index in [2.05, 4.69) is 48.7 Å². The van der Waals surface area contributed by atoms with Crippen molar-refractivity contribution in [2.75, 3.05) is 0 Å². The minimum absolute atomic E-state index is 0.504. The molecule has 0 saturated heterocycles. The fourth-order valence-corrected chi connectivity index (χ4v) is 2.77. The van der Waals surface area contributed by atoms with Crippen molar-refractivity contribution in [2.24, 2.45) is 0 Å². The summed E-state index contributed by atoms with van der Waals surface area (Å²) in [5.74, 6) is 1.90. The van der Waals surface area contributed by atoms with Gasteiger partial charge < -0.3 is 9.30 Å². The average molecular weight is 308 g/mol. The van der Waals surface area contributed by atoms with Crippen LogP contribution in [-0.4, -0.2) is 9.55 Å². The fourth-order valence-electron chi connectivity index (χ4n) is 2.77. The quantitative estimate of drug-likeness (QED) is 0.615. The first-order valence-electron chi connectivity index (χ1n) is 8.47. The maximum absolute atomic E-state index is 5.96. The molecule has 0 aliphatic carbocycles. The average Bonchev–Trinajstić information content (AvgIpc) is 2.96. The number of unbranched alkanes of at least 4 members (excludes halogenated alkanes) is 1. The Balaban J connectivity index is 1.80. The van der Waals surface area contributed by atoms with Crippen molar-refractivity contribution >= 4 is 11.0 Å². The van der Waals surface area contributed by atoms with E-state index in [1.54, 1.807) is 0 Å². The Bertz CT molecular complexity index is 759. The molecule has 23 heavy (non-hydrogen) atoms. The molecule has 1 aromatic heterocycles. The molecular weight excluding hydrogens is 284 g/mol. The van der Waals surface area contributed by atoms with E-state index in [4.69, 9.17) is 9.72 Å². The van der Waals surface area contributed by atoms with E-state index in [1.807, 2.05) is 18.2 Å². The third-order valence-electron chi connectivity index (χ3n) is 4.17. The molecule has 0 bridgehead atoms. The molecule has 0 radical (unpaired) electrons. The van der Waals surface area contributed by atoms with Crippen LogP contribution < -0.4 is 4.74 Å². The molecule has 0 N–H and O–H groups in total. The van der Waals surface area contributed by atoms with Gasteiger partial charge in [-0.05, 0) is 42.7 Å². The molecule has 0 aliphatic heterocycles. The highest BCUT2D eigenvalue weighted by molar-refractivity contribution is 5.75. The fraction of sp³-hybridized carbons (Fsp3) is 0.350. The predicted octanol–water partition coefficient (Wildman–Crippen LogP) is 4.98. The molecule has 0 amide bonds. The van der Waals surface area contributed by atoms with Crippen molar-refractivity contribution in [3.63, 3.8) is 0 Å². The number of aromatic nitrogens is 2. The van der Waals surface area contributed by atoms with Crippen molar-refractivity contribution in [3.05, 3.63) is 59.9 Å². The summed E-state index contributed by atoms with van der Waals surface area (Å²) in [7, 11) is 0. The molecule has 0 unspecified atom stereocenters. The number of ether oxygens (including phenoxy) is 1. The van der Waals surface area contributed by atoms with E-state index in [0.717, 1.165) is 36.5 Å². The van der Waals surface area contributed by atoms with Crippen LogP contribution in [-0.2, 0) is 19.6 Å². The first kappa shape index (κ1) is 15.6. The molecule has 0 atom stereocenters. The van der Waals surface area contributed by atoms with Crippen LogP contribution in [0.4, 0.5) is 0 Å². The number of imidazole rings is 1. The molecule has 0 fully saturated rings. The molecule has 120 valence electrons. The van der Waals surface area contributed by atoms with Crippen molar-refractivity contribution in [1.82, 2.24) is 9.55 Å². The Labute approximate surface area is 137 Å². The molecule has 3 rings (SSSR count). The molecule has 0 spiro atoms. The van der Waals surface area contributed by atoms with E-state index < -0.39 is 0 Å². The van der Waals surface area contributed by atoms with Gasteiger partial charge in [-0.15, -0.1) is 0 Å². The van der Waals surface area contributed by atoms with Gasteiger partial charge in [0, 0.05) is 6.54 Å². The van der Waals surface area contributed by atoms with E-state index in [0.29, 0.717) is 6.61 Å². The third-order valence-corrected chi connectivity index (χ3v) is 4.17. The van der Waals surface area contributed by atoms with Gasteiger partial charge in [-0.2, -0.15) is 0 Å². The van der Waals surface area contributed by atoms with Crippen LogP contribution in [0.5, 0.6) is 5.75 Å². The molecular formula is C20H24N2O. The third kappa shape index (κ3) is 3.55. The van der Waals surface area contributed by atoms with Crippen LogP contribution in [0.15, 0.2) is 48.5 Å². The number of hydrogen-bond acceptors (Lipinski definition) is 2. The number of para-hydroxylation sites is 2. The second-order valence-corrected chi connectivity index (χ2v) is 5.81. The van der Waals surface area contributed by atoms with Crippen LogP contribution in [0.1, 0.15) is 38.1 Å². The summed E-state index contributed by atoms with van der Waals surface area (Å²) in [6, 6.07) is 16.6. The number of nitrogens with zero attached hydrogens (tertiary/aromatic N) is 2. The van der Waals surface area contributed by atoms with Gasteiger partial charge >= 0.3 is 0 Å². The van der Waals surface area contributed by atoms with E-state index in [-0.39, 0.29) is 0 Å². The summed E-state index contributed by atoms with van der Waals surface area (Å²) in [6.45, 7) is 5.87. The van der Waals surface area contributed by atoms with E-state index >= 15 is 0 Å². The standard InChI is InChI=1S/C20H24N2O/c1-3-5-14-22-19-9-7-6-8-18(19)21-20(22)15-23-17-12-10-16(4-2)11-13-17/h6-13H,3-5,14-15H2,1-2H3. The lowest BCUT2D eigenvalue weighted by Crippen LogP contribution is -2.07. The van der Waals surface area contributed by atoms with Crippen molar-refractivity contribution < 1.29 is 4.74 Å². The maximum atomic E-state index is 5.96. The largest absolute Gasteiger partial charge is 0.486 e. The molecule has 3 heteroatoms. The van der Waals surface area contributed by atoms with Gasteiger partial charge in [-0.3, -0.25) is 0 Å². The molecule has 0 saturated carbocycles. The zero-order chi connectivity index (χ0) is 16.1. The Hall–Kier alpha value is -2.29. The highest BCUT2D eigenvalue weighted by atomic mass is 16.5. The van der Waals surface area contributed by atoms with Crippen molar-refractivity contribution in [2.45, 2.75) is 46.3 Å². The van der Waals surface area contributed by atoms with Crippen LogP contribution in [0.2, 0.25) is 0 Å². The monoisotopic (exact) mass is 308 g/mol. The van der Waals surface area contributed by atoms with E-state index in [9.17, 15) is 0 Å². The summed E-state index contributed by atoms with van der Waals surface area (Å²) >= 11 is 0. The highest BCUT2D eigenvalue weighted by Gasteiger charge is 2.10. The lowest BCUT2D eigenvalue weighted by molar-refractivity contribution is 0.289. The van der Waals surface area contributed by atoms with E-state index in [1.165, 1.54) is 17.5 Å². The summed E-state index contributed by atoms with van der Waals surface area (Å²) in [5.41, 5.74) is 3.57. The Morgan fingerprint density at radius 3 is 2.52 bits per heavy atom. The predicted molar refractivity (Wildman–Crippen MR) is 94.8 cm³/mol. The normalized spacial score (nSPS) is 11.0. The Kier molecular flexibility index (Phi) is 4.96. The zero-order valence-corrected chi connectivity index (χ0v) is 14.0. The first-order valence-corrected chi connectivity index (χ1v) is 8.47. The smallest absolute Gasteiger partial charge is 0.147 e.